The van der Waals surface area contributed by atoms with Crippen LogP contribution in [-0.4, -0.2) is 21.7 Å². The summed E-state index contributed by atoms with van der Waals surface area (Å²) in [6.45, 7) is 5.97. The van der Waals surface area contributed by atoms with Gasteiger partial charge in [0.15, 0.2) is 0 Å². The van der Waals surface area contributed by atoms with E-state index in [0.29, 0.717) is 6.54 Å². The molecule has 1 aliphatic rings. The first kappa shape index (κ1) is 12.5. The lowest BCUT2D eigenvalue weighted by molar-refractivity contribution is 0.0322. The Morgan fingerprint density at radius 2 is 2.11 bits per heavy atom. The van der Waals surface area contributed by atoms with Gasteiger partial charge in [0.2, 0.25) is 0 Å². The predicted octanol–water partition coefficient (Wildman–Crippen LogP) is 3.11. The van der Waals surface area contributed by atoms with Crippen LogP contribution in [0.25, 0.3) is 6.08 Å². The maximum absolute atomic E-state index is 11.9. The summed E-state index contributed by atoms with van der Waals surface area (Å²) in [5, 5.41) is 9.38. The summed E-state index contributed by atoms with van der Waals surface area (Å²) in [6.07, 6.45) is 3.11. The Labute approximate surface area is 106 Å². The summed E-state index contributed by atoms with van der Waals surface area (Å²) in [5.74, 6) is 0.226. The molecule has 1 heterocycles. The summed E-state index contributed by atoms with van der Waals surface area (Å²) in [4.78, 5) is 13.4. The zero-order chi connectivity index (χ0) is 13.3. The quantitative estimate of drug-likeness (QED) is 0.766. The molecule has 0 atom stereocenters. The number of benzene rings is 1. The van der Waals surface area contributed by atoms with E-state index in [9.17, 15) is 9.90 Å². The first-order valence-electron chi connectivity index (χ1n) is 5.85. The van der Waals surface area contributed by atoms with Crippen molar-refractivity contribution in [2.75, 3.05) is 0 Å². The highest BCUT2D eigenvalue weighted by Crippen LogP contribution is 2.24. The third kappa shape index (κ3) is 2.83. The molecule has 96 valence electrons. The van der Waals surface area contributed by atoms with Crippen LogP contribution in [0.4, 0.5) is 4.79 Å². The van der Waals surface area contributed by atoms with Gasteiger partial charge in [0.25, 0.3) is 0 Å². The van der Waals surface area contributed by atoms with Crippen molar-refractivity contribution in [2.45, 2.75) is 32.9 Å². The van der Waals surface area contributed by atoms with Crippen LogP contribution >= 0.6 is 0 Å². The fourth-order valence-corrected chi connectivity index (χ4v) is 1.73. The van der Waals surface area contributed by atoms with Crippen molar-refractivity contribution in [3.05, 3.63) is 35.5 Å². The van der Waals surface area contributed by atoms with Crippen LogP contribution in [0.5, 0.6) is 5.75 Å². The molecule has 0 spiro atoms. The number of nitrogens with zero attached hydrogens (tertiary/aromatic N) is 1. The number of hydrogen-bond donors (Lipinski definition) is 1. The van der Waals surface area contributed by atoms with Crippen molar-refractivity contribution in [2.24, 2.45) is 0 Å². The maximum Gasteiger partial charge on any atom is 0.414 e. The molecular formula is C14H17NO3. The van der Waals surface area contributed by atoms with Crippen LogP contribution in [-0.2, 0) is 11.3 Å². The van der Waals surface area contributed by atoms with E-state index in [1.165, 1.54) is 4.90 Å². The summed E-state index contributed by atoms with van der Waals surface area (Å²) in [6, 6.07) is 5.11. The van der Waals surface area contributed by atoms with E-state index in [-0.39, 0.29) is 11.8 Å². The molecule has 1 aliphatic heterocycles. The lowest BCUT2D eigenvalue weighted by Gasteiger charge is -2.27. The van der Waals surface area contributed by atoms with Gasteiger partial charge < -0.3 is 9.84 Å². The number of phenolic OH excluding ortho intramolecular Hbond substituents is 1. The third-order valence-corrected chi connectivity index (χ3v) is 2.53. The van der Waals surface area contributed by atoms with Gasteiger partial charge in [-0.05, 0) is 50.1 Å². The average molecular weight is 247 g/mol. The lowest BCUT2D eigenvalue weighted by atomic mass is 10.0. The molecule has 1 N–H and O–H groups in total. The number of carbonyl (C=O) groups is 1. The van der Waals surface area contributed by atoms with Crippen LogP contribution < -0.4 is 0 Å². The molecule has 18 heavy (non-hydrogen) atoms. The average Bonchev–Trinajstić information content (AvgIpc) is 2.26. The number of amides is 1. The molecule has 0 saturated heterocycles. The predicted molar refractivity (Wildman–Crippen MR) is 68.9 cm³/mol. The molecule has 2 rings (SSSR count). The minimum atomic E-state index is -0.500. The topological polar surface area (TPSA) is 49.8 Å². The third-order valence-electron chi connectivity index (χ3n) is 2.53. The summed E-state index contributed by atoms with van der Waals surface area (Å²) < 4.78 is 5.30. The Hall–Kier alpha value is -1.97. The second-order valence-electron chi connectivity index (χ2n) is 5.31. The van der Waals surface area contributed by atoms with Crippen molar-refractivity contribution in [3.8, 4) is 5.75 Å². The summed E-state index contributed by atoms with van der Waals surface area (Å²) >= 11 is 0. The van der Waals surface area contributed by atoms with Crippen LogP contribution in [0.15, 0.2) is 24.4 Å². The number of aromatic hydroxyl groups is 1. The van der Waals surface area contributed by atoms with Crippen LogP contribution in [0.3, 0.4) is 0 Å². The number of fused-ring (bicyclic) bond motifs is 1. The van der Waals surface area contributed by atoms with Gasteiger partial charge in [0.1, 0.15) is 11.4 Å². The van der Waals surface area contributed by atoms with Crippen LogP contribution in [0.1, 0.15) is 31.9 Å². The molecule has 1 aromatic rings. The lowest BCUT2D eigenvalue weighted by Crippen LogP contribution is -2.34. The zero-order valence-electron chi connectivity index (χ0n) is 10.8. The van der Waals surface area contributed by atoms with E-state index in [2.05, 4.69) is 0 Å². The fourth-order valence-electron chi connectivity index (χ4n) is 1.73. The molecular weight excluding hydrogens is 230 g/mol. The molecule has 1 amide bonds. The molecule has 4 nitrogen and oxygen atoms in total. The Morgan fingerprint density at radius 3 is 2.78 bits per heavy atom. The zero-order valence-corrected chi connectivity index (χ0v) is 10.8. The van der Waals surface area contributed by atoms with Gasteiger partial charge in [-0.3, -0.25) is 4.90 Å². The molecule has 4 heteroatoms. The Morgan fingerprint density at radius 1 is 1.39 bits per heavy atom. The minimum Gasteiger partial charge on any atom is -0.508 e. The Balaban J connectivity index is 2.14. The molecule has 0 aromatic heterocycles. The maximum atomic E-state index is 11.9. The number of ether oxygens (including phenoxy) is 1. The van der Waals surface area contributed by atoms with Crippen molar-refractivity contribution in [1.29, 1.82) is 0 Å². The van der Waals surface area contributed by atoms with Crippen molar-refractivity contribution in [3.63, 3.8) is 0 Å². The molecule has 0 bridgehead atoms. The highest BCUT2D eigenvalue weighted by atomic mass is 16.6. The molecule has 0 radical (unpaired) electrons. The largest absolute Gasteiger partial charge is 0.508 e. The van der Waals surface area contributed by atoms with Gasteiger partial charge in [0.05, 0.1) is 6.54 Å². The van der Waals surface area contributed by atoms with Gasteiger partial charge in [-0.15, -0.1) is 0 Å². The first-order chi connectivity index (χ1) is 8.35. The molecule has 0 saturated carbocycles. The van der Waals surface area contributed by atoms with Crippen LogP contribution in [0.2, 0.25) is 0 Å². The van der Waals surface area contributed by atoms with E-state index in [1.54, 1.807) is 24.4 Å². The molecule has 0 unspecified atom stereocenters. The normalized spacial score (nSPS) is 14.3. The van der Waals surface area contributed by atoms with Gasteiger partial charge >= 0.3 is 6.09 Å². The number of phenols is 1. The Kier molecular flexibility index (Phi) is 3.03. The van der Waals surface area contributed by atoms with Gasteiger partial charge in [-0.25, -0.2) is 4.79 Å². The van der Waals surface area contributed by atoms with Crippen LogP contribution in [0, 0.1) is 0 Å². The van der Waals surface area contributed by atoms with E-state index in [4.69, 9.17) is 4.74 Å². The first-order valence-corrected chi connectivity index (χ1v) is 5.85. The number of carbonyl (C=O) groups excluding carboxylic acids is 1. The minimum absolute atomic E-state index is 0.226. The smallest absolute Gasteiger partial charge is 0.414 e. The Bertz CT molecular complexity index is 500. The van der Waals surface area contributed by atoms with Gasteiger partial charge in [-0.2, -0.15) is 0 Å². The molecule has 1 aromatic carbocycles. The van der Waals surface area contributed by atoms with E-state index >= 15 is 0 Å². The fraction of sp³-hybridized carbons (Fsp3) is 0.357. The van der Waals surface area contributed by atoms with Crippen molar-refractivity contribution in [1.82, 2.24) is 4.90 Å². The van der Waals surface area contributed by atoms with E-state index in [1.807, 2.05) is 26.8 Å². The second-order valence-corrected chi connectivity index (χ2v) is 5.31. The number of rotatable bonds is 0. The van der Waals surface area contributed by atoms with E-state index < -0.39 is 5.60 Å². The standard InChI is InChI=1S/C14H17NO3/c1-14(2,3)18-13(17)15-7-6-10-8-12(16)5-4-11(10)9-15/h4-8,16H,9H2,1-3H3. The highest BCUT2D eigenvalue weighted by Gasteiger charge is 2.23. The molecule has 0 fully saturated rings. The second kappa shape index (κ2) is 4.37. The van der Waals surface area contributed by atoms with E-state index in [0.717, 1.165) is 11.1 Å². The highest BCUT2D eigenvalue weighted by molar-refractivity contribution is 5.73. The van der Waals surface area contributed by atoms with Gasteiger partial charge in [0, 0.05) is 6.20 Å². The summed E-state index contributed by atoms with van der Waals surface area (Å²) in [5.41, 5.74) is 1.41. The van der Waals surface area contributed by atoms with Gasteiger partial charge in [-0.1, -0.05) is 6.07 Å². The number of hydrogen-bond acceptors (Lipinski definition) is 3. The van der Waals surface area contributed by atoms with Crippen molar-refractivity contribution >= 4 is 12.2 Å². The SMILES string of the molecule is CC(C)(C)OC(=O)N1C=Cc2cc(O)ccc2C1. The monoisotopic (exact) mass is 247 g/mol. The molecule has 0 aliphatic carbocycles. The van der Waals surface area contributed by atoms with Crippen molar-refractivity contribution < 1.29 is 14.6 Å². The summed E-state index contributed by atoms with van der Waals surface area (Å²) in [7, 11) is 0.